The Labute approximate surface area is 215 Å². The van der Waals surface area contributed by atoms with Gasteiger partial charge in [-0.05, 0) is 75.8 Å². The molecule has 182 valence electrons. The largest absolute Gasteiger partial charge is 0.493 e. The summed E-state index contributed by atoms with van der Waals surface area (Å²) < 4.78 is 52.4. The van der Waals surface area contributed by atoms with E-state index in [0.717, 1.165) is 28.1 Å². The number of ether oxygens (including phenoxy) is 2. The zero-order valence-corrected chi connectivity index (χ0v) is 21.0. The maximum atomic E-state index is 13.3. The van der Waals surface area contributed by atoms with Crippen molar-refractivity contribution in [3.8, 4) is 11.5 Å². The molecule has 1 aliphatic carbocycles. The first-order chi connectivity index (χ1) is 16.8. The molecule has 3 atom stereocenters. The van der Waals surface area contributed by atoms with Crippen LogP contribution in [0.1, 0.15) is 40.6 Å². The predicted molar refractivity (Wildman–Crippen MR) is 134 cm³/mol. The van der Waals surface area contributed by atoms with Crippen LogP contribution in [0.25, 0.3) is 0 Å². The molecule has 0 amide bonds. The summed E-state index contributed by atoms with van der Waals surface area (Å²) in [5.74, 6) is 1.10. The normalized spacial score (nSPS) is 20.7. The lowest BCUT2D eigenvalue weighted by atomic mass is 9.76. The van der Waals surface area contributed by atoms with Gasteiger partial charge in [-0.25, -0.2) is 0 Å². The molecule has 0 saturated heterocycles. The van der Waals surface area contributed by atoms with Gasteiger partial charge < -0.3 is 14.8 Å². The van der Waals surface area contributed by atoms with Crippen LogP contribution in [0.5, 0.6) is 11.5 Å². The van der Waals surface area contributed by atoms with Crippen molar-refractivity contribution in [2.45, 2.75) is 31.2 Å². The summed E-state index contributed by atoms with van der Waals surface area (Å²) in [6.45, 7) is 0.277. The first kappa shape index (κ1) is 24.1. The summed E-state index contributed by atoms with van der Waals surface area (Å²) in [7, 11) is 1.58. The SMILES string of the molecule is COc1cc([C@@H]2Nc3ccc(C(F)(F)F)cc3[C@H]3C=CC[C@@H]32)cc(Br)c1OCc1ccccc1Cl. The number of nitrogens with one attached hydrogen (secondary N) is 1. The second-order valence-electron chi connectivity index (χ2n) is 8.69. The van der Waals surface area contributed by atoms with Gasteiger partial charge in [0.15, 0.2) is 11.5 Å². The average Bonchev–Trinajstić information content (AvgIpc) is 3.33. The number of halogens is 5. The van der Waals surface area contributed by atoms with Gasteiger partial charge in [0.1, 0.15) is 6.61 Å². The molecule has 1 heterocycles. The number of allylic oxidation sites excluding steroid dienone is 2. The second-order valence-corrected chi connectivity index (χ2v) is 9.95. The lowest BCUT2D eigenvalue weighted by molar-refractivity contribution is -0.137. The van der Waals surface area contributed by atoms with Crippen LogP contribution in [-0.2, 0) is 12.8 Å². The van der Waals surface area contributed by atoms with Gasteiger partial charge in [0.25, 0.3) is 0 Å². The third kappa shape index (κ3) is 4.64. The fourth-order valence-electron chi connectivity index (χ4n) is 4.93. The predicted octanol–water partition coefficient (Wildman–Crippen LogP) is 8.54. The van der Waals surface area contributed by atoms with Crippen molar-refractivity contribution in [2.75, 3.05) is 12.4 Å². The number of hydrogen-bond acceptors (Lipinski definition) is 3. The van der Waals surface area contributed by atoms with Crippen LogP contribution >= 0.6 is 27.5 Å². The molecule has 3 aromatic rings. The first-order valence-electron chi connectivity index (χ1n) is 11.1. The molecule has 5 rings (SSSR count). The Kier molecular flexibility index (Phi) is 6.49. The number of hydrogen-bond donors (Lipinski definition) is 1. The lowest BCUT2D eigenvalue weighted by Crippen LogP contribution is -2.29. The molecule has 0 radical (unpaired) electrons. The van der Waals surface area contributed by atoms with Crippen LogP contribution < -0.4 is 14.8 Å². The van der Waals surface area contributed by atoms with Crippen molar-refractivity contribution in [3.63, 3.8) is 0 Å². The van der Waals surface area contributed by atoms with E-state index in [-0.39, 0.29) is 24.5 Å². The Morgan fingerprint density at radius 1 is 1.11 bits per heavy atom. The minimum atomic E-state index is -4.37. The maximum absolute atomic E-state index is 13.3. The highest BCUT2D eigenvalue weighted by molar-refractivity contribution is 9.10. The summed E-state index contributed by atoms with van der Waals surface area (Å²) >= 11 is 9.89. The van der Waals surface area contributed by atoms with Crippen LogP contribution in [0.15, 0.2) is 71.2 Å². The molecule has 1 aliphatic heterocycles. The Morgan fingerprint density at radius 3 is 2.66 bits per heavy atom. The van der Waals surface area contributed by atoms with E-state index in [1.807, 2.05) is 48.6 Å². The highest BCUT2D eigenvalue weighted by Gasteiger charge is 2.40. The molecule has 3 nitrogen and oxygen atoms in total. The van der Waals surface area contributed by atoms with E-state index >= 15 is 0 Å². The molecular weight excluding hydrogens is 543 g/mol. The fourth-order valence-corrected chi connectivity index (χ4v) is 5.69. The molecule has 0 saturated carbocycles. The van der Waals surface area contributed by atoms with Gasteiger partial charge in [-0.3, -0.25) is 0 Å². The molecule has 35 heavy (non-hydrogen) atoms. The van der Waals surface area contributed by atoms with Crippen molar-refractivity contribution in [1.29, 1.82) is 0 Å². The third-order valence-electron chi connectivity index (χ3n) is 6.63. The van der Waals surface area contributed by atoms with Crippen LogP contribution in [0.2, 0.25) is 5.02 Å². The van der Waals surface area contributed by atoms with Gasteiger partial charge in [0, 0.05) is 22.2 Å². The number of anilines is 1. The zero-order chi connectivity index (χ0) is 24.7. The number of methoxy groups -OCH3 is 1. The molecule has 0 unspecified atom stereocenters. The van der Waals surface area contributed by atoms with Crippen molar-refractivity contribution < 1.29 is 22.6 Å². The minimum absolute atomic E-state index is 0.0810. The fraction of sp³-hybridized carbons (Fsp3) is 0.259. The maximum Gasteiger partial charge on any atom is 0.416 e. The van der Waals surface area contributed by atoms with Gasteiger partial charge in [-0.1, -0.05) is 42.0 Å². The molecule has 2 aliphatic rings. The molecule has 0 aromatic heterocycles. The number of fused-ring (bicyclic) bond motifs is 3. The Morgan fingerprint density at radius 2 is 1.91 bits per heavy atom. The quantitative estimate of drug-likeness (QED) is 0.315. The van der Waals surface area contributed by atoms with Gasteiger partial charge in [0.05, 0.1) is 23.2 Å². The summed E-state index contributed by atoms with van der Waals surface area (Å²) in [5.41, 5.74) is 2.59. The van der Waals surface area contributed by atoms with E-state index in [9.17, 15) is 13.2 Å². The van der Waals surface area contributed by atoms with E-state index in [2.05, 4.69) is 21.2 Å². The van der Waals surface area contributed by atoms with Gasteiger partial charge in [-0.2, -0.15) is 13.2 Å². The lowest BCUT2D eigenvalue weighted by Gasteiger charge is -2.38. The topological polar surface area (TPSA) is 30.5 Å². The first-order valence-corrected chi connectivity index (χ1v) is 12.3. The Bertz CT molecular complexity index is 1290. The van der Waals surface area contributed by atoms with E-state index in [1.165, 1.54) is 12.1 Å². The van der Waals surface area contributed by atoms with Crippen molar-refractivity contribution >= 4 is 33.2 Å². The smallest absolute Gasteiger partial charge is 0.416 e. The second kappa shape index (κ2) is 9.43. The summed E-state index contributed by atoms with van der Waals surface area (Å²) in [6, 6.07) is 15.2. The van der Waals surface area contributed by atoms with E-state index in [0.29, 0.717) is 27.8 Å². The Balaban J connectivity index is 1.46. The molecule has 8 heteroatoms. The van der Waals surface area contributed by atoms with Crippen LogP contribution in [-0.4, -0.2) is 7.11 Å². The van der Waals surface area contributed by atoms with E-state index < -0.39 is 11.7 Å². The monoisotopic (exact) mass is 563 g/mol. The standard InChI is InChI=1S/C27H22BrClF3NO2/c1-34-24-12-16(11-21(28)26(24)35-14-15-5-2-3-8-22(15)29)25-19-7-4-6-18(19)20-13-17(27(30,31)32)9-10-23(20)33-25/h2-6,8-13,18-19,25,33H,7,14H2,1H3/t18-,19-,25-/m0/s1. The molecular formula is C27H22BrClF3NO2. The summed E-state index contributed by atoms with van der Waals surface area (Å²) in [4.78, 5) is 0. The molecule has 3 aromatic carbocycles. The van der Waals surface area contributed by atoms with Crippen molar-refractivity contribution in [1.82, 2.24) is 0 Å². The van der Waals surface area contributed by atoms with E-state index in [1.54, 1.807) is 7.11 Å². The third-order valence-corrected chi connectivity index (χ3v) is 7.59. The minimum Gasteiger partial charge on any atom is -0.493 e. The zero-order valence-electron chi connectivity index (χ0n) is 18.7. The summed E-state index contributed by atoms with van der Waals surface area (Å²) in [6.07, 6.45) is 0.460. The highest BCUT2D eigenvalue weighted by Crippen LogP contribution is 2.52. The number of benzene rings is 3. The van der Waals surface area contributed by atoms with Gasteiger partial charge >= 0.3 is 6.18 Å². The van der Waals surface area contributed by atoms with Crippen LogP contribution in [0.4, 0.5) is 18.9 Å². The molecule has 0 spiro atoms. The van der Waals surface area contributed by atoms with Crippen molar-refractivity contribution in [3.05, 3.63) is 98.5 Å². The highest BCUT2D eigenvalue weighted by atomic mass is 79.9. The Hall–Kier alpha value is -2.64. The number of alkyl halides is 3. The molecule has 0 bridgehead atoms. The van der Waals surface area contributed by atoms with Crippen LogP contribution in [0.3, 0.4) is 0 Å². The summed E-state index contributed by atoms with van der Waals surface area (Å²) in [5, 5.41) is 4.11. The van der Waals surface area contributed by atoms with Crippen LogP contribution in [0, 0.1) is 5.92 Å². The average molecular weight is 565 g/mol. The van der Waals surface area contributed by atoms with E-state index in [4.69, 9.17) is 21.1 Å². The molecule has 0 fully saturated rings. The molecule has 1 N–H and O–H groups in total. The van der Waals surface area contributed by atoms with Gasteiger partial charge in [-0.15, -0.1) is 0 Å². The van der Waals surface area contributed by atoms with Gasteiger partial charge in [0.2, 0.25) is 0 Å². The van der Waals surface area contributed by atoms with Crippen molar-refractivity contribution in [2.24, 2.45) is 5.92 Å². The number of rotatable bonds is 5.